The van der Waals surface area contributed by atoms with Crippen molar-refractivity contribution >= 4 is 0 Å². The lowest BCUT2D eigenvalue weighted by atomic mass is 9.83. The molecule has 0 saturated heterocycles. The Morgan fingerprint density at radius 2 is 1.95 bits per heavy atom. The molecule has 1 heterocycles. The van der Waals surface area contributed by atoms with Crippen molar-refractivity contribution in [2.45, 2.75) is 44.6 Å². The predicted octanol–water partition coefficient (Wildman–Crippen LogP) is 3.40. The lowest BCUT2D eigenvalue weighted by molar-refractivity contribution is 0.478. The molecule has 1 unspecified atom stereocenters. The summed E-state index contributed by atoms with van der Waals surface area (Å²) < 4.78 is 0. The molecule has 1 atom stereocenters. The van der Waals surface area contributed by atoms with E-state index >= 15 is 0 Å². The number of nitrogens with one attached hydrogen (secondary N) is 1. The first-order valence-corrected chi connectivity index (χ1v) is 7.72. The van der Waals surface area contributed by atoms with Crippen LogP contribution in [0.25, 0.3) is 0 Å². The third-order valence-corrected chi connectivity index (χ3v) is 4.58. The zero-order valence-corrected chi connectivity index (χ0v) is 13.1. The fourth-order valence-electron chi connectivity index (χ4n) is 3.13. The lowest BCUT2D eigenvalue weighted by Gasteiger charge is -2.28. The van der Waals surface area contributed by atoms with Gasteiger partial charge in [-0.15, -0.1) is 0 Å². The van der Waals surface area contributed by atoms with Gasteiger partial charge in [-0.1, -0.05) is 30.3 Å². The van der Waals surface area contributed by atoms with Gasteiger partial charge in [-0.25, -0.2) is 9.97 Å². The van der Waals surface area contributed by atoms with Crippen molar-refractivity contribution in [3.63, 3.8) is 0 Å². The number of hydrogen-bond donors (Lipinski definition) is 1. The summed E-state index contributed by atoms with van der Waals surface area (Å²) in [6, 6.07) is 10.9. The van der Waals surface area contributed by atoms with Crippen LogP contribution in [0, 0.1) is 0 Å². The average molecular weight is 281 g/mol. The van der Waals surface area contributed by atoms with Gasteiger partial charge in [0.25, 0.3) is 0 Å². The van der Waals surface area contributed by atoms with Gasteiger partial charge in [0.05, 0.1) is 0 Å². The number of aromatic nitrogens is 2. The van der Waals surface area contributed by atoms with Crippen molar-refractivity contribution in [2.75, 3.05) is 7.05 Å². The molecule has 3 heteroatoms. The second-order valence-electron chi connectivity index (χ2n) is 6.32. The summed E-state index contributed by atoms with van der Waals surface area (Å²) in [6.45, 7) is 4.39. The van der Waals surface area contributed by atoms with Crippen molar-refractivity contribution in [1.82, 2.24) is 15.3 Å². The smallest absolute Gasteiger partial charge is 0.138 e. The molecule has 3 nitrogen and oxygen atoms in total. The van der Waals surface area contributed by atoms with E-state index in [9.17, 15) is 0 Å². The second kappa shape index (κ2) is 5.57. The third-order valence-electron chi connectivity index (χ3n) is 4.58. The van der Waals surface area contributed by atoms with E-state index in [0.29, 0.717) is 6.04 Å². The Morgan fingerprint density at radius 3 is 2.67 bits per heavy atom. The summed E-state index contributed by atoms with van der Waals surface area (Å²) in [7, 11) is 2.02. The van der Waals surface area contributed by atoms with E-state index in [1.54, 1.807) is 0 Å². The number of hydrogen-bond acceptors (Lipinski definition) is 3. The molecule has 0 fully saturated rings. The standard InChI is InChI=1S/C18H23N3/c1-18(2,13-8-5-4-6-9-13)17-20-12-14-15(19-3)10-7-11-16(14)21-17/h4-6,8-9,12,15,19H,7,10-11H2,1-3H3. The topological polar surface area (TPSA) is 37.8 Å². The maximum Gasteiger partial charge on any atom is 0.138 e. The Balaban J connectivity index is 2.00. The number of rotatable bonds is 3. The Bertz CT molecular complexity index is 620. The minimum atomic E-state index is -0.164. The van der Waals surface area contributed by atoms with E-state index < -0.39 is 0 Å². The molecule has 0 spiro atoms. The van der Waals surface area contributed by atoms with Gasteiger partial charge < -0.3 is 5.32 Å². The van der Waals surface area contributed by atoms with Crippen molar-refractivity contribution in [1.29, 1.82) is 0 Å². The molecule has 2 aromatic rings. The van der Waals surface area contributed by atoms with Crippen LogP contribution in [0.1, 0.15) is 55.4 Å². The van der Waals surface area contributed by atoms with Crippen LogP contribution in [0.3, 0.4) is 0 Å². The van der Waals surface area contributed by atoms with Gasteiger partial charge in [0.15, 0.2) is 0 Å². The van der Waals surface area contributed by atoms with Gasteiger partial charge in [-0.3, -0.25) is 0 Å². The summed E-state index contributed by atoms with van der Waals surface area (Å²) >= 11 is 0. The van der Waals surface area contributed by atoms with Crippen LogP contribution in [-0.2, 0) is 11.8 Å². The predicted molar refractivity (Wildman–Crippen MR) is 85.3 cm³/mol. The van der Waals surface area contributed by atoms with Crippen LogP contribution in [0.2, 0.25) is 0 Å². The van der Waals surface area contributed by atoms with Crippen molar-refractivity contribution in [3.05, 3.63) is 59.2 Å². The quantitative estimate of drug-likeness (QED) is 0.937. The SMILES string of the molecule is CNC1CCCc2nc(C(C)(C)c3ccccc3)ncc21. The molecule has 3 rings (SSSR count). The first kappa shape index (κ1) is 14.2. The van der Waals surface area contributed by atoms with Crippen LogP contribution in [0.4, 0.5) is 0 Å². The number of nitrogens with zero attached hydrogens (tertiary/aromatic N) is 2. The molecule has 110 valence electrons. The van der Waals surface area contributed by atoms with Crippen LogP contribution in [0.5, 0.6) is 0 Å². The number of aryl methyl sites for hydroxylation is 1. The molecular weight excluding hydrogens is 258 g/mol. The maximum absolute atomic E-state index is 4.91. The Hall–Kier alpha value is -1.74. The van der Waals surface area contributed by atoms with Crippen LogP contribution in [-0.4, -0.2) is 17.0 Å². The minimum absolute atomic E-state index is 0.164. The van der Waals surface area contributed by atoms with Gasteiger partial charge in [0.1, 0.15) is 5.82 Å². The Kier molecular flexibility index (Phi) is 3.77. The molecule has 1 aliphatic carbocycles. The normalized spacial score (nSPS) is 18.3. The highest BCUT2D eigenvalue weighted by Crippen LogP contribution is 2.32. The maximum atomic E-state index is 4.91. The Labute approximate surface area is 126 Å². The van der Waals surface area contributed by atoms with Gasteiger partial charge in [0.2, 0.25) is 0 Å². The number of fused-ring (bicyclic) bond motifs is 1. The Morgan fingerprint density at radius 1 is 1.19 bits per heavy atom. The fourth-order valence-corrected chi connectivity index (χ4v) is 3.13. The summed E-state index contributed by atoms with van der Waals surface area (Å²) in [5, 5.41) is 3.37. The van der Waals surface area contributed by atoms with Crippen molar-refractivity contribution < 1.29 is 0 Å². The summed E-state index contributed by atoms with van der Waals surface area (Å²) in [6.07, 6.45) is 5.46. The summed E-state index contributed by atoms with van der Waals surface area (Å²) in [4.78, 5) is 9.60. The first-order chi connectivity index (χ1) is 10.1. The van der Waals surface area contributed by atoms with E-state index in [4.69, 9.17) is 4.98 Å². The highest BCUT2D eigenvalue weighted by atomic mass is 14.9. The molecule has 0 aliphatic heterocycles. The van der Waals surface area contributed by atoms with E-state index in [1.807, 2.05) is 19.3 Å². The summed E-state index contributed by atoms with van der Waals surface area (Å²) in [5.41, 5.74) is 3.58. The largest absolute Gasteiger partial charge is 0.313 e. The molecule has 0 bridgehead atoms. The average Bonchev–Trinajstić information content (AvgIpc) is 2.54. The molecule has 1 aromatic heterocycles. The zero-order chi connectivity index (χ0) is 14.9. The van der Waals surface area contributed by atoms with Crippen LogP contribution in [0.15, 0.2) is 36.5 Å². The first-order valence-electron chi connectivity index (χ1n) is 7.72. The molecule has 0 radical (unpaired) electrons. The van der Waals surface area contributed by atoms with Crippen molar-refractivity contribution in [3.8, 4) is 0 Å². The van der Waals surface area contributed by atoms with E-state index in [-0.39, 0.29) is 5.41 Å². The molecule has 1 N–H and O–H groups in total. The molecule has 0 amide bonds. The molecule has 21 heavy (non-hydrogen) atoms. The molecule has 1 aliphatic rings. The van der Waals surface area contributed by atoms with Gasteiger partial charge in [-0.05, 0) is 45.7 Å². The molecule has 0 saturated carbocycles. The monoisotopic (exact) mass is 281 g/mol. The van der Waals surface area contributed by atoms with E-state index in [0.717, 1.165) is 12.2 Å². The number of benzene rings is 1. The zero-order valence-electron chi connectivity index (χ0n) is 13.1. The highest BCUT2D eigenvalue weighted by molar-refractivity contribution is 5.33. The second-order valence-corrected chi connectivity index (χ2v) is 6.32. The molecule has 1 aromatic carbocycles. The fraction of sp³-hybridized carbons (Fsp3) is 0.444. The van der Waals surface area contributed by atoms with Crippen LogP contribution < -0.4 is 5.32 Å². The highest BCUT2D eigenvalue weighted by Gasteiger charge is 2.28. The molecular formula is C18H23N3. The van der Waals surface area contributed by atoms with Gasteiger partial charge in [-0.2, -0.15) is 0 Å². The van der Waals surface area contributed by atoms with E-state index in [1.165, 1.54) is 29.7 Å². The van der Waals surface area contributed by atoms with Crippen molar-refractivity contribution in [2.24, 2.45) is 0 Å². The third kappa shape index (κ3) is 2.58. The summed E-state index contributed by atoms with van der Waals surface area (Å²) in [5.74, 6) is 0.921. The van der Waals surface area contributed by atoms with Crippen LogP contribution >= 0.6 is 0 Å². The lowest BCUT2D eigenvalue weighted by Crippen LogP contribution is -2.27. The minimum Gasteiger partial charge on any atom is -0.313 e. The van der Waals surface area contributed by atoms with E-state index in [2.05, 4.69) is 48.4 Å². The van der Waals surface area contributed by atoms with Gasteiger partial charge >= 0.3 is 0 Å². The van der Waals surface area contributed by atoms with Gasteiger partial charge in [0, 0.05) is 28.9 Å².